The molecule has 0 atom stereocenters. The van der Waals surface area contributed by atoms with Crippen molar-refractivity contribution in [1.29, 1.82) is 0 Å². The Labute approximate surface area is 302 Å². The summed E-state index contributed by atoms with van der Waals surface area (Å²) in [4.78, 5) is 0. The van der Waals surface area contributed by atoms with Crippen LogP contribution in [0, 0.1) is 13.8 Å². The Kier molecular flexibility index (Phi) is 6.97. The number of nitrogens with zero attached hydrogens (tertiary/aromatic N) is 3. The van der Waals surface area contributed by atoms with Gasteiger partial charge in [0.1, 0.15) is 22.6 Å². The van der Waals surface area contributed by atoms with Gasteiger partial charge in [0.2, 0.25) is 0 Å². The molecule has 0 saturated carbocycles. The van der Waals surface area contributed by atoms with Gasteiger partial charge in [0.25, 0.3) is 0 Å². The summed E-state index contributed by atoms with van der Waals surface area (Å²) >= 11 is 0. The lowest BCUT2D eigenvalue weighted by molar-refractivity contribution is 0.669. The van der Waals surface area contributed by atoms with Crippen LogP contribution in [-0.4, -0.2) is 15.4 Å². The Morgan fingerprint density at radius 3 is 1.96 bits per heavy atom. The van der Waals surface area contributed by atoms with E-state index < -0.39 is 0 Å². The molecule has 4 nitrogen and oxygen atoms in total. The topological polar surface area (TPSA) is 51.8 Å². The molecule has 1 aliphatic rings. The number of fused-ring (bicyclic) bond motifs is 6. The Morgan fingerprint density at radius 2 is 1.12 bits per heavy atom. The molecule has 2 aromatic heterocycles. The zero-order valence-electron chi connectivity index (χ0n) is 28.9. The fraction of sp³-hybridized carbons (Fsp3) is 0.0625. The van der Waals surface area contributed by atoms with Crippen LogP contribution in [0.1, 0.15) is 22.3 Å². The zero-order chi connectivity index (χ0) is 34.8. The van der Waals surface area contributed by atoms with Gasteiger partial charge in [0.05, 0.1) is 0 Å². The van der Waals surface area contributed by atoms with Gasteiger partial charge in [0, 0.05) is 27.5 Å². The lowest BCUT2D eigenvalue weighted by Gasteiger charge is -2.23. The highest BCUT2D eigenvalue weighted by Crippen LogP contribution is 2.51. The lowest BCUT2D eigenvalue weighted by Crippen LogP contribution is -2.04. The molecule has 52 heavy (non-hydrogen) atoms. The Morgan fingerprint density at radius 1 is 0.481 bits per heavy atom. The van der Waals surface area contributed by atoms with Gasteiger partial charge in [-0.15, -0.1) is 10.2 Å². The van der Waals surface area contributed by atoms with E-state index in [2.05, 4.69) is 140 Å². The number of benzene rings is 7. The number of rotatable bonds is 5. The molecule has 0 fully saturated rings. The molecule has 4 heteroatoms. The van der Waals surface area contributed by atoms with Crippen molar-refractivity contribution < 1.29 is 4.42 Å². The largest absolute Gasteiger partial charge is 0.456 e. The van der Waals surface area contributed by atoms with Crippen molar-refractivity contribution >= 4 is 21.9 Å². The van der Waals surface area contributed by atoms with Gasteiger partial charge in [-0.05, 0) is 98.8 Å². The molecule has 0 spiro atoms. The molecule has 0 aliphatic heterocycles. The van der Waals surface area contributed by atoms with Crippen molar-refractivity contribution in [2.45, 2.75) is 20.3 Å². The molecule has 0 bridgehead atoms. The number of furan rings is 1. The van der Waals surface area contributed by atoms with Gasteiger partial charge in [-0.1, -0.05) is 140 Å². The van der Waals surface area contributed by atoms with E-state index in [9.17, 15) is 0 Å². The second-order valence-electron chi connectivity index (χ2n) is 13.7. The molecule has 10 rings (SSSR count). The lowest BCUT2D eigenvalue weighted by atomic mass is 9.81. The summed E-state index contributed by atoms with van der Waals surface area (Å²) in [5.74, 6) is 0. The summed E-state index contributed by atoms with van der Waals surface area (Å²) in [5.41, 5.74) is 19.7. The average Bonchev–Trinajstić information content (AvgIpc) is 3.77. The first-order valence-electron chi connectivity index (χ1n) is 17.8. The van der Waals surface area contributed by atoms with Crippen LogP contribution in [0.2, 0.25) is 0 Å². The predicted octanol–water partition coefficient (Wildman–Crippen LogP) is 12.3. The van der Waals surface area contributed by atoms with Crippen LogP contribution in [0.25, 0.3) is 89.0 Å². The first-order valence-corrected chi connectivity index (χ1v) is 17.8. The molecule has 9 aromatic rings. The van der Waals surface area contributed by atoms with Crippen LogP contribution in [0.3, 0.4) is 0 Å². The number of para-hydroxylation sites is 1. The van der Waals surface area contributed by atoms with Crippen molar-refractivity contribution in [3.05, 3.63) is 174 Å². The minimum Gasteiger partial charge on any atom is -0.456 e. The monoisotopic (exact) mass is 667 g/mol. The molecule has 0 N–H and O–H groups in total. The first-order chi connectivity index (χ1) is 25.7. The van der Waals surface area contributed by atoms with Gasteiger partial charge < -0.3 is 4.42 Å². The third-order valence-corrected chi connectivity index (χ3v) is 10.8. The Hall–Kier alpha value is -6.65. The van der Waals surface area contributed by atoms with Crippen LogP contribution >= 0.6 is 0 Å². The zero-order valence-corrected chi connectivity index (χ0v) is 28.9. The fourth-order valence-corrected chi connectivity index (χ4v) is 8.30. The van der Waals surface area contributed by atoms with Crippen LogP contribution in [0.5, 0.6) is 0 Å². The summed E-state index contributed by atoms with van der Waals surface area (Å²) in [6, 6.07) is 53.4. The van der Waals surface area contributed by atoms with Crippen LogP contribution in [-0.2, 0) is 6.42 Å². The molecule has 2 heterocycles. The number of aryl methyl sites for hydroxylation is 1. The van der Waals surface area contributed by atoms with Crippen LogP contribution in [0.4, 0.5) is 0 Å². The number of hydrogen-bond donors (Lipinski definition) is 0. The summed E-state index contributed by atoms with van der Waals surface area (Å²) in [5, 5.41) is 16.4. The van der Waals surface area contributed by atoms with E-state index in [1.54, 1.807) is 0 Å². The Bertz CT molecular complexity index is 2840. The van der Waals surface area contributed by atoms with Gasteiger partial charge in [-0.25, -0.2) is 0 Å². The first kappa shape index (κ1) is 30.2. The van der Waals surface area contributed by atoms with Gasteiger partial charge >= 0.3 is 0 Å². The van der Waals surface area contributed by atoms with E-state index in [0.717, 1.165) is 78.7 Å². The SMILES string of the molecule is Cc1cc2c(c(-c3cccc(-c4cccc5oc6ccccc6c45)c3-c3nnnc(-c4ccccc4)c3-c3ccccc3)c1C)Cc1ccccc1-2. The van der Waals surface area contributed by atoms with Crippen molar-refractivity contribution in [2.24, 2.45) is 0 Å². The molecular formula is C48H33N3O. The molecule has 0 radical (unpaired) electrons. The number of aromatic nitrogens is 3. The van der Waals surface area contributed by atoms with Gasteiger partial charge in [0.15, 0.2) is 0 Å². The predicted molar refractivity (Wildman–Crippen MR) is 212 cm³/mol. The smallest absolute Gasteiger partial charge is 0.136 e. The highest BCUT2D eigenvalue weighted by molar-refractivity contribution is 6.15. The molecule has 0 amide bonds. The van der Waals surface area contributed by atoms with Crippen LogP contribution in [0.15, 0.2) is 156 Å². The standard InChI is InChI=1S/C48H33N3O/c1-29-27-39-34-20-10-9-19-33(34)28-40(39)43(30(29)2)38-24-13-22-36(35-23-14-26-42-45(35)37-21-11-12-25-41(37)52-42)46(38)48-44(31-15-5-3-6-16-31)47(49-51-50-48)32-17-7-4-8-18-32/h3-27H,28H2,1-2H3. The molecular weight excluding hydrogens is 635 g/mol. The Balaban J connectivity index is 1.37. The summed E-state index contributed by atoms with van der Waals surface area (Å²) < 4.78 is 6.44. The molecule has 246 valence electrons. The van der Waals surface area contributed by atoms with Crippen molar-refractivity contribution in [3.8, 4) is 67.0 Å². The highest BCUT2D eigenvalue weighted by atomic mass is 16.3. The van der Waals surface area contributed by atoms with Crippen molar-refractivity contribution in [3.63, 3.8) is 0 Å². The van der Waals surface area contributed by atoms with Crippen molar-refractivity contribution in [1.82, 2.24) is 15.4 Å². The maximum absolute atomic E-state index is 6.44. The van der Waals surface area contributed by atoms with Crippen molar-refractivity contribution in [2.75, 3.05) is 0 Å². The van der Waals surface area contributed by atoms with E-state index >= 15 is 0 Å². The second kappa shape index (κ2) is 12.0. The summed E-state index contributed by atoms with van der Waals surface area (Å²) in [6.07, 6.45) is 0.871. The van der Waals surface area contributed by atoms with Crippen LogP contribution < -0.4 is 0 Å². The average molecular weight is 668 g/mol. The molecule has 0 unspecified atom stereocenters. The third kappa shape index (κ3) is 4.65. The third-order valence-electron chi connectivity index (χ3n) is 10.8. The van der Waals surface area contributed by atoms with Gasteiger partial charge in [-0.3, -0.25) is 0 Å². The van der Waals surface area contributed by atoms with E-state index in [-0.39, 0.29) is 0 Å². The molecule has 1 aliphatic carbocycles. The summed E-state index contributed by atoms with van der Waals surface area (Å²) in [7, 11) is 0. The van der Waals surface area contributed by atoms with E-state index in [0.29, 0.717) is 0 Å². The van der Waals surface area contributed by atoms with E-state index in [1.165, 1.54) is 38.9 Å². The van der Waals surface area contributed by atoms with Gasteiger partial charge in [-0.2, -0.15) is 0 Å². The summed E-state index contributed by atoms with van der Waals surface area (Å²) in [6.45, 7) is 4.50. The molecule has 7 aromatic carbocycles. The fourth-order valence-electron chi connectivity index (χ4n) is 8.30. The normalized spacial score (nSPS) is 12.0. The number of hydrogen-bond acceptors (Lipinski definition) is 4. The maximum atomic E-state index is 6.44. The minimum atomic E-state index is 0.792. The van der Waals surface area contributed by atoms with E-state index in [4.69, 9.17) is 14.6 Å². The maximum Gasteiger partial charge on any atom is 0.136 e. The second-order valence-corrected chi connectivity index (χ2v) is 13.7. The quantitative estimate of drug-likeness (QED) is 0.183. The highest BCUT2D eigenvalue weighted by Gasteiger charge is 2.29. The minimum absolute atomic E-state index is 0.792. The molecule has 0 saturated heterocycles. The van der Waals surface area contributed by atoms with E-state index in [1.807, 2.05) is 30.3 Å².